The predicted molar refractivity (Wildman–Crippen MR) is 145 cm³/mol. The molecule has 1 unspecified atom stereocenters. The Hall–Kier alpha value is -3.77. The molecular formula is C30H30ClNO5. The summed E-state index contributed by atoms with van der Waals surface area (Å²) in [4.78, 5) is 28.2. The summed E-state index contributed by atoms with van der Waals surface area (Å²) >= 11 is 6.23. The van der Waals surface area contributed by atoms with E-state index in [1.165, 1.54) is 4.90 Å². The number of halogens is 1. The summed E-state index contributed by atoms with van der Waals surface area (Å²) in [5.74, 6) is -0.737. The molecule has 0 aromatic heterocycles. The molecule has 7 heteroatoms. The van der Waals surface area contributed by atoms with Crippen molar-refractivity contribution in [2.24, 2.45) is 0 Å². The third-order valence-electron chi connectivity index (χ3n) is 6.14. The number of aliphatic hydroxyl groups is 1. The zero-order chi connectivity index (χ0) is 26.7. The van der Waals surface area contributed by atoms with E-state index in [1.54, 1.807) is 42.5 Å². The van der Waals surface area contributed by atoms with E-state index in [0.29, 0.717) is 39.9 Å². The number of nitrogens with zero attached hydrogens (tertiary/aromatic N) is 1. The van der Waals surface area contributed by atoms with Crippen LogP contribution in [0, 0.1) is 0 Å². The summed E-state index contributed by atoms with van der Waals surface area (Å²) < 4.78 is 11.3. The number of aryl methyl sites for hydroxylation is 1. The SMILES string of the molecule is CCOc1cc(/C(O)=C2/C(=O)C(=O)N(c3ccc(OC(C)C)cc3)C2c2ccc(CC)cc2)ccc1Cl. The maximum atomic E-state index is 13.4. The largest absolute Gasteiger partial charge is 0.507 e. The van der Waals surface area contributed by atoms with Gasteiger partial charge in [0.25, 0.3) is 11.7 Å². The Morgan fingerprint density at radius 1 is 1.00 bits per heavy atom. The fourth-order valence-corrected chi connectivity index (χ4v) is 4.55. The number of carbonyl (C=O) groups is 2. The van der Waals surface area contributed by atoms with E-state index in [9.17, 15) is 14.7 Å². The van der Waals surface area contributed by atoms with Crippen LogP contribution in [0.5, 0.6) is 11.5 Å². The topological polar surface area (TPSA) is 76.1 Å². The quantitative estimate of drug-likeness (QED) is 0.203. The first-order valence-corrected chi connectivity index (χ1v) is 12.7. The van der Waals surface area contributed by atoms with E-state index in [1.807, 2.05) is 45.0 Å². The third kappa shape index (κ3) is 5.35. The van der Waals surface area contributed by atoms with Crippen LogP contribution in [0.15, 0.2) is 72.3 Å². The zero-order valence-corrected chi connectivity index (χ0v) is 22.1. The molecule has 1 aliphatic heterocycles. The van der Waals surface area contributed by atoms with Gasteiger partial charge in [0.2, 0.25) is 0 Å². The molecule has 0 aliphatic carbocycles. The number of carbonyl (C=O) groups excluding carboxylic acids is 2. The molecule has 1 amide bonds. The zero-order valence-electron chi connectivity index (χ0n) is 21.3. The van der Waals surface area contributed by atoms with Crippen molar-refractivity contribution in [3.05, 3.63) is 94.0 Å². The van der Waals surface area contributed by atoms with E-state index in [-0.39, 0.29) is 17.4 Å². The number of ketones is 1. The van der Waals surface area contributed by atoms with E-state index in [2.05, 4.69) is 6.92 Å². The molecule has 1 N–H and O–H groups in total. The molecule has 192 valence electrons. The van der Waals surface area contributed by atoms with Gasteiger partial charge in [0.1, 0.15) is 17.3 Å². The summed E-state index contributed by atoms with van der Waals surface area (Å²) in [5, 5.41) is 11.8. The van der Waals surface area contributed by atoms with Gasteiger partial charge in [-0.05, 0) is 80.8 Å². The van der Waals surface area contributed by atoms with Gasteiger partial charge in [0, 0.05) is 11.3 Å². The second-order valence-electron chi connectivity index (χ2n) is 9.00. The molecule has 37 heavy (non-hydrogen) atoms. The molecule has 3 aromatic carbocycles. The number of benzene rings is 3. The molecule has 0 radical (unpaired) electrons. The van der Waals surface area contributed by atoms with Crippen molar-refractivity contribution >= 4 is 34.7 Å². The molecule has 3 aromatic rings. The number of hydrogen-bond acceptors (Lipinski definition) is 5. The summed E-state index contributed by atoms with van der Waals surface area (Å²) in [6.45, 7) is 8.12. The number of anilines is 1. The Balaban J connectivity index is 1.87. The van der Waals surface area contributed by atoms with E-state index < -0.39 is 17.7 Å². The first-order chi connectivity index (χ1) is 17.7. The maximum Gasteiger partial charge on any atom is 0.300 e. The van der Waals surface area contributed by atoms with Crippen LogP contribution in [-0.2, 0) is 16.0 Å². The van der Waals surface area contributed by atoms with Gasteiger partial charge in [-0.3, -0.25) is 14.5 Å². The van der Waals surface area contributed by atoms with E-state index in [4.69, 9.17) is 21.1 Å². The minimum absolute atomic E-state index is 0.00141. The van der Waals surface area contributed by atoms with Crippen LogP contribution in [-0.4, -0.2) is 29.5 Å². The molecule has 1 aliphatic rings. The van der Waals surface area contributed by atoms with E-state index >= 15 is 0 Å². The van der Waals surface area contributed by atoms with Gasteiger partial charge in [-0.25, -0.2) is 0 Å². The van der Waals surface area contributed by atoms with Crippen LogP contribution in [0.2, 0.25) is 5.02 Å². The van der Waals surface area contributed by atoms with Crippen molar-refractivity contribution in [2.45, 2.75) is 46.3 Å². The molecule has 1 fully saturated rings. The van der Waals surface area contributed by atoms with Crippen molar-refractivity contribution in [1.82, 2.24) is 0 Å². The first kappa shape index (κ1) is 26.3. The molecule has 0 saturated carbocycles. The Morgan fingerprint density at radius 3 is 2.27 bits per heavy atom. The fourth-order valence-electron chi connectivity index (χ4n) is 4.38. The van der Waals surface area contributed by atoms with Gasteiger partial charge in [0.05, 0.1) is 29.3 Å². The Labute approximate surface area is 222 Å². The number of aliphatic hydroxyl groups excluding tert-OH is 1. The number of ether oxygens (including phenoxy) is 2. The van der Waals surface area contributed by atoms with Gasteiger partial charge < -0.3 is 14.6 Å². The average molecular weight is 520 g/mol. The van der Waals surface area contributed by atoms with Crippen LogP contribution in [0.25, 0.3) is 5.76 Å². The Bertz CT molecular complexity index is 1330. The highest BCUT2D eigenvalue weighted by atomic mass is 35.5. The average Bonchev–Trinajstić information content (AvgIpc) is 3.15. The van der Waals surface area contributed by atoms with Crippen molar-refractivity contribution in [2.75, 3.05) is 11.5 Å². The summed E-state index contributed by atoms with van der Waals surface area (Å²) in [6, 6.07) is 18.7. The third-order valence-corrected chi connectivity index (χ3v) is 6.45. The second kappa shape index (κ2) is 11.1. The van der Waals surface area contributed by atoms with Crippen LogP contribution in [0.3, 0.4) is 0 Å². The predicted octanol–water partition coefficient (Wildman–Crippen LogP) is 6.71. The maximum absolute atomic E-state index is 13.4. The lowest BCUT2D eigenvalue weighted by molar-refractivity contribution is -0.132. The van der Waals surface area contributed by atoms with Gasteiger partial charge in [-0.2, -0.15) is 0 Å². The number of Topliss-reactive ketones (excluding diaryl/α,β-unsaturated/α-hetero) is 1. The monoisotopic (exact) mass is 519 g/mol. The van der Waals surface area contributed by atoms with Gasteiger partial charge in [-0.1, -0.05) is 42.8 Å². The summed E-state index contributed by atoms with van der Waals surface area (Å²) in [7, 11) is 0. The highest BCUT2D eigenvalue weighted by Gasteiger charge is 2.47. The molecule has 4 rings (SSSR count). The number of amides is 1. The highest BCUT2D eigenvalue weighted by Crippen LogP contribution is 2.43. The molecule has 6 nitrogen and oxygen atoms in total. The second-order valence-corrected chi connectivity index (χ2v) is 9.41. The smallest absolute Gasteiger partial charge is 0.300 e. The minimum Gasteiger partial charge on any atom is -0.507 e. The molecule has 1 atom stereocenters. The number of hydrogen-bond donors (Lipinski definition) is 1. The van der Waals surface area contributed by atoms with Crippen LogP contribution in [0.4, 0.5) is 5.69 Å². The van der Waals surface area contributed by atoms with Crippen LogP contribution in [0.1, 0.15) is 50.4 Å². The summed E-state index contributed by atoms with van der Waals surface area (Å²) in [6.07, 6.45) is 0.848. The molecular weight excluding hydrogens is 490 g/mol. The Kier molecular flexibility index (Phi) is 7.89. The number of rotatable bonds is 8. The molecule has 1 heterocycles. The van der Waals surface area contributed by atoms with Gasteiger partial charge >= 0.3 is 0 Å². The van der Waals surface area contributed by atoms with Crippen LogP contribution < -0.4 is 14.4 Å². The molecule has 0 bridgehead atoms. The molecule has 1 saturated heterocycles. The minimum atomic E-state index is -0.825. The first-order valence-electron chi connectivity index (χ1n) is 12.3. The van der Waals surface area contributed by atoms with Crippen molar-refractivity contribution in [3.63, 3.8) is 0 Å². The van der Waals surface area contributed by atoms with Crippen molar-refractivity contribution in [3.8, 4) is 11.5 Å². The summed E-state index contributed by atoms with van der Waals surface area (Å²) in [5.41, 5.74) is 2.69. The lowest BCUT2D eigenvalue weighted by Gasteiger charge is -2.26. The highest BCUT2D eigenvalue weighted by molar-refractivity contribution is 6.51. The standard InChI is InChI=1S/C30H30ClNO5/c1-5-19-7-9-20(10-8-19)27-26(28(33)21-11-16-24(31)25(17-21)36-6-2)29(34)30(35)32(27)22-12-14-23(15-13-22)37-18(3)4/h7-18,27,33H,5-6H2,1-4H3/b28-26-. The van der Waals surface area contributed by atoms with E-state index in [0.717, 1.165) is 12.0 Å². The lowest BCUT2D eigenvalue weighted by atomic mass is 9.94. The normalized spacial score (nSPS) is 16.9. The van der Waals surface area contributed by atoms with Gasteiger partial charge in [-0.15, -0.1) is 0 Å². The Morgan fingerprint density at radius 2 is 1.68 bits per heavy atom. The van der Waals surface area contributed by atoms with Crippen molar-refractivity contribution < 1.29 is 24.2 Å². The van der Waals surface area contributed by atoms with Gasteiger partial charge in [0.15, 0.2) is 0 Å². The fraction of sp³-hybridized carbons (Fsp3) is 0.267. The van der Waals surface area contributed by atoms with Crippen LogP contribution >= 0.6 is 11.6 Å². The van der Waals surface area contributed by atoms with Crippen molar-refractivity contribution in [1.29, 1.82) is 0 Å². The molecule has 0 spiro atoms. The lowest BCUT2D eigenvalue weighted by Crippen LogP contribution is -2.29.